The number of benzene rings is 4. The van der Waals surface area contributed by atoms with E-state index in [1.54, 1.807) is 7.11 Å². The fraction of sp³-hybridized carbons (Fsp3) is 0.188. The summed E-state index contributed by atoms with van der Waals surface area (Å²) < 4.78 is 14.1. The highest BCUT2D eigenvalue weighted by Crippen LogP contribution is 2.49. The number of ether oxygens (including phenoxy) is 2. The number of aromatic amines is 1. The van der Waals surface area contributed by atoms with Crippen molar-refractivity contribution in [1.82, 2.24) is 9.55 Å². The average molecular weight is 489 g/mol. The molecule has 2 aromatic heterocycles. The predicted molar refractivity (Wildman–Crippen MR) is 148 cm³/mol. The molecule has 2 heterocycles. The van der Waals surface area contributed by atoms with Gasteiger partial charge in [-0.3, -0.25) is 0 Å². The second-order valence-corrected chi connectivity index (χ2v) is 9.73. The smallest absolute Gasteiger partial charge is 0.197 e. The van der Waals surface area contributed by atoms with E-state index in [9.17, 15) is 5.11 Å². The van der Waals surface area contributed by atoms with Crippen LogP contribution in [-0.2, 0) is 30.7 Å². The zero-order chi connectivity index (χ0) is 24.9. The van der Waals surface area contributed by atoms with Gasteiger partial charge < -0.3 is 24.1 Å². The molecule has 4 aromatic carbocycles. The van der Waals surface area contributed by atoms with Gasteiger partial charge in [-0.05, 0) is 53.3 Å². The van der Waals surface area contributed by atoms with E-state index in [0.717, 1.165) is 41.5 Å². The molecule has 1 aliphatic rings. The van der Waals surface area contributed by atoms with Crippen molar-refractivity contribution in [1.29, 1.82) is 0 Å². The summed E-state index contributed by atoms with van der Waals surface area (Å²) in [4.78, 5) is 3.11. The Morgan fingerprint density at radius 1 is 0.919 bits per heavy atom. The maximum absolute atomic E-state index is 11.0. The van der Waals surface area contributed by atoms with Gasteiger partial charge in [0.15, 0.2) is 5.88 Å². The summed E-state index contributed by atoms with van der Waals surface area (Å²) in [7, 11) is 1.70. The minimum Gasteiger partial charge on any atom is -0.497 e. The quantitative estimate of drug-likeness (QED) is 0.249. The normalized spacial score (nSPS) is 12.8. The average Bonchev–Trinajstić information content (AvgIpc) is 3.49. The molecule has 184 valence electrons. The van der Waals surface area contributed by atoms with Crippen LogP contribution >= 0.6 is 0 Å². The molecule has 0 spiro atoms. The van der Waals surface area contributed by atoms with Gasteiger partial charge in [0, 0.05) is 40.0 Å². The highest BCUT2D eigenvalue weighted by atomic mass is 16.5. The number of rotatable bonds is 6. The van der Waals surface area contributed by atoms with Crippen molar-refractivity contribution in [3.05, 3.63) is 95.7 Å². The highest BCUT2D eigenvalue weighted by molar-refractivity contribution is 6.26. The van der Waals surface area contributed by atoms with Gasteiger partial charge in [0.05, 0.1) is 31.2 Å². The second kappa shape index (κ2) is 8.71. The Kier molecular flexibility index (Phi) is 5.18. The lowest BCUT2D eigenvalue weighted by atomic mass is 9.82. The number of H-pyrrole nitrogens is 1. The zero-order valence-electron chi connectivity index (χ0n) is 20.8. The fourth-order valence-electron chi connectivity index (χ4n) is 6.12. The molecule has 37 heavy (non-hydrogen) atoms. The number of fused-ring (bicyclic) bond motifs is 10. The van der Waals surface area contributed by atoms with Crippen molar-refractivity contribution < 1.29 is 14.6 Å². The van der Waals surface area contributed by atoms with Crippen molar-refractivity contribution in [2.75, 3.05) is 13.7 Å². The topological polar surface area (TPSA) is 59.4 Å². The maximum Gasteiger partial charge on any atom is 0.197 e. The van der Waals surface area contributed by atoms with Crippen molar-refractivity contribution in [2.45, 2.75) is 26.0 Å². The maximum atomic E-state index is 11.0. The number of aryl methyl sites for hydroxylation is 2. The Hall–Kier alpha value is -4.22. The number of hydrogen-bond donors (Lipinski definition) is 2. The lowest BCUT2D eigenvalue weighted by Crippen LogP contribution is -2.10. The van der Waals surface area contributed by atoms with Crippen LogP contribution < -0.4 is 4.74 Å². The van der Waals surface area contributed by atoms with E-state index in [1.165, 1.54) is 44.1 Å². The van der Waals surface area contributed by atoms with Crippen molar-refractivity contribution in [3.63, 3.8) is 0 Å². The van der Waals surface area contributed by atoms with Gasteiger partial charge in [0.25, 0.3) is 0 Å². The molecule has 0 bridgehead atoms. The third-order valence-corrected chi connectivity index (χ3v) is 7.73. The van der Waals surface area contributed by atoms with Gasteiger partial charge in [0.1, 0.15) is 5.75 Å². The number of methoxy groups -OCH3 is 1. The number of aromatic nitrogens is 2. The van der Waals surface area contributed by atoms with Crippen LogP contribution in [0, 0.1) is 0 Å². The van der Waals surface area contributed by atoms with Crippen molar-refractivity contribution in [3.8, 4) is 22.8 Å². The highest BCUT2D eigenvalue weighted by Gasteiger charge is 2.28. The molecule has 0 saturated heterocycles. The first-order valence-electron chi connectivity index (χ1n) is 12.8. The lowest BCUT2D eigenvalue weighted by Gasteiger charge is -2.24. The van der Waals surface area contributed by atoms with E-state index in [4.69, 9.17) is 9.47 Å². The van der Waals surface area contributed by atoms with E-state index < -0.39 is 0 Å². The van der Waals surface area contributed by atoms with Crippen LogP contribution in [0.15, 0.2) is 79.0 Å². The van der Waals surface area contributed by atoms with Crippen LogP contribution in [-0.4, -0.2) is 28.4 Å². The van der Waals surface area contributed by atoms with Gasteiger partial charge in [-0.25, -0.2) is 0 Å². The van der Waals surface area contributed by atoms with Gasteiger partial charge in [-0.2, -0.15) is 0 Å². The predicted octanol–water partition coefficient (Wildman–Crippen LogP) is 6.97. The molecule has 1 aliphatic carbocycles. The van der Waals surface area contributed by atoms with E-state index >= 15 is 0 Å². The van der Waals surface area contributed by atoms with E-state index in [1.807, 2.05) is 30.5 Å². The molecular weight excluding hydrogens is 460 g/mol. The Morgan fingerprint density at radius 2 is 1.76 bits per heavy atom. The number of para-hydroxylation sites is 1. The van der Waals surface area contributed by atoms with Crippen LogP contribution in [0.5, 0.6) is 11.6 Å². The molecule has 2 N–H and O–H groups in total. The number of aromatic hydroxyl groups is 1. The number of nitrogens with zero attached hydrogens (tertiary/aromatic N) is 1. The molecule has 7 rings (SSSR count). The van der Waals surface area contributed by atoms with Crippen LogP contribution in [0.2, 0.25) is 0 Å². The van der Waals surface area contributed by atoms with Crippen LogP contribution in [0.1, 0.15) is 16.7 Å². The first kappa shape index (κ1) is 22.0. The van der Waals surface area contributed by atoms with Gasteiger partial charge >= 0.3 is 0 Å². The van der Waals surface area contributed by atoms with E-state index in [2.05, 4.69) is 58.1 Å². The molecule has 5 nitrogen and oxygen atoms in total. The molecule has 0 atom stereocenters. The van der Waals surface area contributed by atoms with Crippen LogP contribution in [0.4, 0.5) is 0 Å². The van der Waals surface area contributed by atoms with Crippen LogP contribution in [0.3, 0.4) is 0 Å². The minimum atomic E-state index is 0.222. The molecular formula is C32H28N2O3. The third-order valence-electron chi connectivity index (χ3n) is 7.73. The van der Waals surface area contributed by atoms with Crippen LogP contribution in [0.25, 0.3) is 43.7 Å². The van der Waals surface area contributed by atoms with E-state index in [-0.39, 0.29) is 5.88 Å². The summed E-state index contributed by atoms with van der Waals surface area (Å²) >= 11 is 0. The second-order valence-electron chi connectivity index (χ2n) is 9.73. The molecule has 0 amide bonds. The van der Waals surface area contributed by atoms with Crippen molar-refractivity contribution in [2.24, 2.45) is 0 Å². The first-order chi connectivity index (χ1) is 18.2. The number of nitrogens with one attached hydrogen (secondary N) is 1. The van der Waals surface area contributed by atoms with E-state index in [0.29, 0.717) is 13.2 Å². The van der Waals surface area contributed by atoms with Gasteiger partial charge in [0.2, 0.25) is 0 Å². The summed E-state index contributed by atoms with van der Waals surface area (Å²) in [5, 5.41) is 15.4. The largest absolute Gasteiger partial charge is 0.497 e. The fourth-order valence-corrected chi connectivity index (χ4v) is 6.12. The zero-order valence-corrected chi connectivity index (χ0v) is 20.8. The van der Waals surface area contributed by atoms with Gasteiger partial charge in [-0.1, -0.05) is 54.6 Å². The number of hydrogen-bond acceptors (Lipinski definition) is 3. The lowest BCUT2D eigenvalue weighted by molar-refractivity contribution is 0.114. The summed E-state index contributed by atoms with van der Waals surface area (Å²) in [6.45, 7) is 1.96. The summed E-state index contributed by atoms with van der Waals surface area (Å²) in [5.41, 5.74) is 8.44. The Morgan fingerprint density at radius 3 is 2.62 bits per heavy atom. The molecule has 0 saturated carbocycles. The van der Waals surface area contributed by atoms with Crippen molar-refractivity contribution >= 4 is 32.6 Å². The molecule has 0 fully saturated rings. The summed E-state index contributed by atoms with van der Waals surface area (Å²) in [6, 6.07) is 25.2. The third kappa shape index (κ3) is 3.42. The monoisotopic (exact) mass is 488 g/mol. The summed E-state index contributed by atoms with van der Waals surface area (Å²) in [6.07, 6.45) is 3.78. The standard InChI is InChI=1S/C32H28N2O3/c1-36-22-12-14-23-21(17-22)11-13-25-28(23)30-26(18-33-32(30)35)29-24-9-5-6-10-27(24)34(31(25)29)15-16-37-19-20-7-3-2-4-8-20/h2-10,12,14,17-18,33,35H,11,13,15-16,19H2,1H3. The summed E-state index contributed by atoms with van der Waals surface area (Å²) in [5.74, 6) is 1.09. The molecule has 6 aromatic rings. The Balaban J connectivity index is 1.43. The molecule has 0 unspecified atom stereocenters. The SMILES string of the molecule is COc1ccc2c(c1)CCc1c-2c2c(O)[nH]cc2c2c3ccccc3n(CCOCc3ccccc3)c12. The molecule has 0 radical (unpaired) electrons. The first-order valence-corrected chi connectivity index (χ1v) is 12.8. The molecule has 0 aliphatic heterocycles. The van der Waals surface area contributed by atoms with Gasteiger partial charge in [-0.15, -0.1) is 0 Å². The molecule has 5 heteroatoms. The Labute approximate surface area is 214 Å². The Bertz CT molecular complexity index is 1780. The minimum absolute atomic E-state index is 0.222.